The normalized spacial score (nSPS) is 12.4. The second-order valence-corrected chi connectivity index (χ2v) is 5.10. The number of aliphatic hydroxyl groups is 3. The highest BCUT2D eigenvalue weighted by molar-refractivity contribution is 5.87. The molecule has 0 heterocycles. The Hall–Kier alpha value is -2.21. The first-order valence-electron chi connectivity index (χ1n) is 6.93. The second-order valence-electron chi connectivity index (χ2n) is 5.10. The van der Waals surface area contributed by atoms with Crippen LogP contribution in [-0.2, 0) is 6.42 Å². The highest BCUT2D eigenvalue weighted by atomic mass is 16.5. The fourth-order valence-electron chi connectivity index (χ4n) is 2.26. The first kappa shape index (κ1) is 16.2. The van der Waals surface area contributed by atoms with Crippen molar-refractivity contribution in [2.24, 2.45) is 0 Å². The van der Waals surface area contributed by atoms with Gasteiger partial charge in [-0.2, -0.15) is 0 Å². The van der Waals surface area contributed by atoms with Crippen LogP contribution in [0.4, 0.5) is 0 Å². The summed E-state index contributed by atoms with van der Waals surface area (Å²) in [6, 6.07) is 13.1. The number of aromatic carboxylic acids is 1. The Labute approximate surface area is 128 Å². The maximum atomic E-state index is 10.9. The molecule has 2 aromatic carbocycles. The van der Waals surface area contributed by atoms with Crippen LogP contribution in [0.15, 0.2) is 48.5 Å². The SMILES string of the molecule is O=C(O)c1cccc(C(O)CCc2cccc(C(O)O)c2)c1. The van der Waals surface area contributed by atoms with Crippen molar-refractivity contribution in [1.82, 2.24) is 0 Å². The largest absolute Gasteiger partial charge is 0.478 e. The lowest BCUT2D eigenvalue weighted by atomic mass is 9.99. The van der Waals surface area contributed by atoms with Crippen molar-refractivity contribution in [2.75, 3.05) is 0 Å². The summed E-state index contributed by atoms with van der Waals surface area (Å²) < 4.78 is 0. The Morgan fingerprint density at radius 1 is 0.955 bits per heavy atom. The smallest absolute Gasteiger partial charge is 0.335 e. The maximum absolute atomic E-state index is 10.9. The Balaban J connectivity index is 2.03. The zero-order chi connectivity index (χ0) is 16.1. The van der Waals surface area contributed by atoms with Gasteiger partial charge in [0.15, 0.2) is 6.29 Å². The first-order chi connectivity index (χ1) is 10.5. The highest BCUT2D eigenvalue weighted by Crippen LogP contribution is 2.21. The minimum absolute atomic E-state index is 0.141. The van der Waals surface area contributed by atoms with Crippen molar-refractivity contribution < 1.29 is 25.2 Å². The van der Waals surface area contributed by atoms with E-state index in [4.69, 9.17) is 15.3 Å². The molecule has 0 amide bonds. The number of hydrogen-bond donors (Lipinski definition) is 4. The number of rotatable bonds is 6. The first-order valence-corrected chi connectivity index (χ1v) is 6.93. The molecular weight excluding hydrogens is 284 g/mol. The zero-order valence-corrected chi connectivity index (χ0v) is 11.9. The topological polar surface area (TPSA) is 98.0 Å². The van der Waals surface area contributed by atoms with E-state index in [0.29, 0.717) is 24.0 Å². The summed E-state index contributed by atoms with van der Waals surface area (Å²) in [6.45, 7) is 0. The van der Waals surface area contributed by atoms with E-state index in [1.807, 2.05) is 6.07 Å². The summed E-state index contributed by atoms with van der Waals surface area (Å²) >= 11 is 0. The van der Waals surface area contributed by atoms with Gasteiger partial charge >= 0.3 is 5.97 Å². The number of carboxylic acid groups (broad SMARTS) is 1. The number of carbonyl (C=O) groups is 1. The van der Waals surface area contributed by atoms with Crippen LogP contribution in [-0.4, -0.2) is 26.4 Å². The molecule has 22 heavy (non-hydrogen) atoms. The van der Waals surface area contributed by atoms with E-state index in [2.05, 4.69) is 0 Å². The van der Waals surface area contributed by atoms with Gasteiger partial charge in [0, 0.05) is 5.56 Å². The molecule has 0 bridgehead atoms. The summed E-state index contributed by atoms with van der Waals surface area (Å²) in [5, 5.41) is 37.4. The van der Waals surface area contributed by atoms with Gasteiger partial charge in [-0.15, -0.1) is 0 Å². The second kappa shape index (κ2) is 7.17. The molecule has 0 radical (unpaired) electrons. The number of aliphatic hydroxyl groups excluding tert-OH is 2. The molecule has 0 aliphatic rings. The average Bonchev–Trinajstić information content (AvgIpc) is 2.53. The van der Waals surface area contributed by atoms with Crippen LogP contribution in [0.5, 0.6) is 0 Å². The molecular formula is C17H18O5. The van der Waals surface area contributed by atoms with Crippen LogP contribution in [0.25, 0.3) is 0 Å². The minimum Gasteiger partial charge on any atom is -0.478 e. The van der Waals surface area contributed by atoms with Gasteiger partial charge in [0.1, 0.15) is 0 Å². The summed E-state index contributed by atoms with van der Waals surface area (Å²) in [7, 11) is 0. The zero-order valence-electron chi connectivity index (χ0n) is 11.9. The quantitative estimate of drug-likeness (QED) is 0.612. The standard InChI is InChI=1S/C17H18O5/c18-15(12-4-2-6-14(10-12)17(21)22)8-7-11-3-1-5-13(9-11)16(19)20/h1-6,9-10,15-16,18-20H,7-8H2,(H,21,22). The van der Waals surface area contributed by atoms with E-state index in [1.54, 1.807) is 30.3 Å². The molecule has 5 heteroatoms. The molecule has 0 aliphatic carbocycles. The lowest BCUT2D eigenvalue weighted by Gasteiger charge is -2.12. The molecule has 1 atom stereocenters. The van der Waals surface area contributed by atoms with Gasteiger partial charge in [0.25, 0.3) is 0 Å². The minimum atomic E-state index is -1.52. The van der Waals surface area contributed by atoms with Crippen molar-refractivity contribution in [1.29, 1.82) is 0 Å². The Kier molecular flexibility index (Phi) is 5.27. The van der Waals surface area contributed by atoms with Gasteiger partial charge in [0.05, 0.1) is 11.7 Å². The molecule has 0 fully saturated rings. The van der Waals surface area contributed by atoms with E-state index < -0.39 is 18.4 Å². The van der Waals surface area contributed by atoms with E-state index in [9.17, 15) is 9.90 Å². The van der Waals surface area contributed by atoms with E-state index in [1.165, 1.54) is 12.1 Å². The number of carboxylic acids is 1. The van der Waals surface area contributed by atoms with Crippen LogP contribution >= 0.6 is 0 Å². The molecule has 5 nitrogen and oxygen atoms in total. The molecule has 0 spiro atoms. The third kappa shape index (κ3) is 4.14. The van der Waals surface area contributed by atoms with Gasteiger partial charge in [-0.1, -0.05) is 36.4 Å². The number of benzene rings is 2. The Morgan fingerprint density at radius 2 is 1.64 bits per heavy atom. The Morgan fingerprint density at radius 3 is 2.32 bits per heavy atom. The monoisotopic (exact) mass is 302 g/mol. The summed E-state index contributed by atoms with van der Waals surface area (Å²) in [6.07, 6.45) is -1.34. The lowest BCUT2D eigenvalue weighted by molar-refractivity contribution is -0.0425. The third-order valence-corrected chi connectivity index (χ3v) is 3.47. The van der Waals surface area contributed by atoms with Crippen LogP contribution in [0, 0.1) is 0 Å². The maximum Gasteiger partial charge on any atom is 0.335 e. The van der Waals surface area contributed by atoms with E-state index >= 15 is 0 Å². The van der Waals surface area contributed by atoms with E-state index in [0.717, 1.165) is 5.56 Å². The fraction of sp³-hybridized carbons (Fsp3) is 0.235. The van der Waals surface area contributed by atoms with Gasteiger partial charge in [-0.05, 0) is 36.1 Å². The van der Waals surface area contributed by atoms with Gasteiger partial charge in [0.2, 0.25) is 0 Å². The lowest BCUT2D eigenvalue weighted by Crippen LogP contribution is -2.03. The average molecular weight is 302 g/mol. The van der Waals surface area contributed by atoms with Gasteiger partial charge < -0.3 is 20.4 Å². The molecule has 0 aliphatic heterocycles. The summed E-state index contributed by atoms with van der Waals surface area (Å²) in [5.74, 6) is -1.03. The van der Waals surface area contributed by atoms with Gasteiger partial charge in [-0.25, -0.2) is 4.79 Å². The van der Waals surface area contributed by atoms with Crippen molar-refractivity contribution in [3.8, 4) is 0 Å². The molecule has 0 saturated heterocycles. The third-order valence-electron chi connectivity index (χ3n) is 3.47. The van der Waals surface area contributed by atoms with Crippen molar-refractivity contribution in [3.63, 3.8) is 0 Å². The van der Waals surface area contributed by atoms with Crippen LogP contribution < -0.4 is 0 Å². The number of aryl methyl sites for hydroxylation is 1. The van der Waals surface area contributed by atoms with Crippen molar-refractivity contribution >= 4 is 5.97 Å². The van der Waals surface area contributed by atoms with Crippen LogP contribution in [0.3, 0.4) is 0 Å². The van der Waals surface area contributed by atoms with Gasteiger partial charge in [-0.3, -0.25) is 0 Å². The predicted octanol–water partition coefficient (Wildman–Crippen LogP) is 2.03. The molecule has 116 valence electrons. The molecule has 1 unspecified atom stereocenters. The molecule has 4 N–H and O–H groups in total. The van der Waals surface area contributed by atoms with E-state index in [-0.39, 0.29) is 5.56 Å². The van der Waals surface area contributed by atoms with Crippen LogP contribution in [0.1, 0.15) is 45.9 Å². The molecule has 2 rings (SSSR count). The molecule has 0 aromatic heterocycles. The predicted molar refractivity (Wildman–Crippen MR) is 80.3 cm³/mol. The fourth-order valence-corrected chi connectivity index (χ4v) is 2.26. The highest BCUT2D eigenvalue weighted by Gasteiger charge is 2.11. The van der Waals surface area contributed by atoms with Crippen LogP contribution in [0.2, 0.25) is 0 Å². The Bertz CT molecular complexity index is 651. The van der Waals surface area contributed by atoms with Crippen molar-refractivity contribution in [2.45, 2.75) is 25.2 Å². The summed E-state index contributed by atoms with van der Waals surface area (Å²) in [4.78, 5) is 10.9. The molecule has 0 saturated carbocycles. The van der Waals surface area contributed by atoms with Crippen molar-refractivity contribution in [3.05, 3.63) is 70.8 Å². The molecule has 2 aromatic rings. The summed E-state index contributed by atoms with van der Waals surface area (Å²) in [5.41, 5.74) is 1.97. The number of hydrogen-bond acceptors (Lipinski definition) is 4.